The number of carbonyl (C=O) groups is 1. The SMILES string of the molecule is COc1c(Cl)ncnc1C=O. The van der Waals surface area contributed by atoms with Crippen LogP contribution in [0.3, 0.4) is 0 Å². The molecule has 0 fully saturated rings. The van der Waals surface area contributed by atoms with Gasteiger partial charge in [-0.2, -0.15) is 0 Å². The summed E-state index contributed by atoms with van der Waals surface area (Å²) in [5.41, 5.74) is 0.160. The van der Waals surface area contributed by atoms with Crippen LogP contribution >= 0.6 is 11.6 Å². The molecule has 0 saturated heterocycles. The number of carbonyl (C=O) groups excluding carboxylic acids is 1. The van der Waals surface area contributed by atoms with Gasteiger partial charge in [0.15, 0.2) is 17.2 Å². The zero-order chi connectivity index (χ0) is 8.27. The van der Waals surface area contributed by atoms with Crippen molar-refractivity contribution in [3.05, 3.63) is 17.2 Å². The summed E-state index contributed by atoms with van der Waals surface area (Å²) in [5.74, 6) is 0.212. The lowest BCUT2D eigenvalue weighted by molar-refractivity contribution is 0.111. The normalized spacial score (nSPS) is 9.27. The van der Waals surface area contributed by atoms with Crippen molar-refractivity contribution < 1.29 is 9.53 Å². The summed E-state index contributed by atoms with van der Waals surface area (Å²) < 4.78 is 4.78. The van der Waals surface area contributed by atoms with Gasteiger partial charge in [0, 0.05) is 0 Å². The monoisotopic (exact) mass is 172 g/mol. The van der Waals surface area contributed by atoms with E-state index in [2.05, 4.69) is 9.97 Å². The molecule has 1 heterocycles. The second kappa shape index (κ2) is 3.30. The Morgan fingerprint density at radius 3 is 2.82 bits per heavy atom. The topological polar surface area (TPSA) is 52.1 Å². The highest BCUT2D eigenvalue weighted by Gasteiger charge is 2.07. The Balaban J connectivity index is 3.23. The molecule has 1 aromatic rings. The van der Waals surface area contributed by atoms with E-state index < -0.39 is 0 Å². The highest BCUT2D eigenvalue weighted by Crippen LogP contribution is 2.22. The molecule has 5 heteroatoms. The van der Waals surface area contributed by atoms with Gasteiger partial charge in [-0.05, 0) is 0 Å². The molecule has 0 aromatic carbocycles. The number of aldehydes is 1. The Hall–Kier alpha value is -1.16. The standard InChI is InChI=1S/C6H5ClN2O2/c1-11-5-4(2-10)8-3-9-6(5)7/h2-3H,1H3. The van der Waals surface area contributed by atoms with Crippen molar-refractivity contribution in [3.63, 3.8) is 0 Å². The maximum absolute atomic E-state index is 10.3. The Kier molecular flexibility index (Phi) is 2.38. The molecule has 0 aliphatic carbocycles. The lowest BCUT2D eigenvalue weighted by Crippen LogP contribution is -1.96. The molecule has 1 aromatic heterocycles. The van der Waals surface area contributed by atoms with E-state index in [0.29, 0.717) is 6.29 Å². The van der Waals surface area contributed by atoms with Gasteiger partial charge in [0.25, 0.3) is 0 Å². The molecule has 0 bridgehead atoms. The van der Waals surface area contributed by atoms with E-state index in [0.717, 1.165) is 0 Å². The molecule has 1 rings (SSSR count). The van der Waals surface area contributed by atoms with E-state index in [1.807, 2.05) is 0 Å². The Labute approximate surface area is 68.2 Å². The number of ether oxygens (including phenoxy) is 1. The summed E-state index contributed by atoms with van der Waals surface area (Å²) in [4.78, 5) is 17.6. The second-order valence-electron chi connectivity index (χ2n) is 1.70. The van der Waals surface area contributed by atoms with E-state index in [9.17, 15) is 4.79 Å². The van der Waals surface area contributed by atoms with Crippen molar-refractivity contribution in [1.29, 1.82) is 0 Å². The fourth-order valence-corrected chi connectivity index (χ4v) is 0.855. The molecular weight excluding hydrogens is 168 g/mol. The summed E-state index contributed by atoms with van der Waals surface area (Å²) in [6, 6.07) is 0. The van der Waals surface area contributed by atoms with Gasteiger partial charge < -0.3 is 4.74 Å². The average Bonchev–Trinajstić information content (AvgIpc) is 2.04. The van der Waals surface area contributed by atoms with E-state index in [1.165, 1.54) is 13.4 Å². The van der Waals surface area contributed by atoms with Crippen LogP contribution in [0, 0.1) is 0 Å². The van der Waals surface area contributed by atoms with Crippen LogP contribution in [-0.4, -0.2) is 23.4 Å². The fraction of sp³-hybridized carbons (Fsp3) is 0.167. The number of aromatic nitrogens is 2. The van der Waals surface area contributed by atoms with Crippen LogP contribution in [0.15, 0.2) is 6.33 Å². The van der Waals surface area contributed by atoms with Crippen LogP contribution < -0.4 is 4.74 Å². The molecule has 58 valence electrons. The molecule has 0 spiro atoms. The number of rotatable bonds is 2. The van der Waals surface area contributed by atoms with Crippen molar-refractivity contribution in [2.45, 2.75) is 0 Å². The van der Waals surface area contributed by atoms with Crippen LogP contribution in [-0.2, 0) is 0 Å². The molecule has 0 radical (unpaired) electrons. The maximum Gasteiger partial charge on any atom is 0.185 e. The molecule has 4 nitrogen and oxygen atoms in total. The van der Waals surface area contributed by atoms with Gasteiger partial charge in [-0.3, -0.25) is 4.79 Å². The average molecular weight is 173 g/mol. The van der Waals surface area contributed by atoms with Crippen molar-refractivity contribution in [2.75, 3.05) is 7.11 Å². The quantitative estimate of drug-likeness (QED) is 0.492. The number of hydrogen-bond acceptors (Lipinski definition) is 4. The minimum Gasteiger partial charge on any atom is -0.491 e. The molecule has 0 N–H and O–H groups in total. The van der Waals surface area contributed by atoms with Gasteiger partial charge in [-0.15, -0.1) is 0 Å². The molecule has 0 unspecified atom stereocenters. The second-order valence-corrected chi connectivity index (χ2v) is 2.06. The lowest BCUT2D eigenvalue weighted by Gasteiger charge is -2.01. The predicted molar refractivity (Wildman–Crippen MR) is 39.0 cm³/mol. The Morgan fingerprint density at radius 1 is 1.64 bits per heavy atom. The van der Waals surface area contributed by atoms with Crippen LogP contribution in [0.4, 0.5) is 0 Å². The largest absolute Gasteiger partial charge is 0.491 e. The van der Waals surface area contributed by atoms with E-state index in [4.69, 9.17) is 16.3 Å². The Morgan fingerprint density at radius 2 is 2.36 bits per heavy atom. The Bertz CT molecular complexity index is 277. The zero-order valence-corrected chi connectivity index (χ0v) is 6.50. The van der Waals surface area contributed by atoms with Gasteiger partial charge in [0.1, 0.15) is 12.0 Å². The highest BCUT2D eigenvalue weighted by molar-refractivity contribution is 6.31. The summed E-state index contributed by atoms with van der Waals surface area (Å²) >= 11 is 5.57. The van der Waals surface area contributed by atoms with Crippen molar-refractivity contribution in [3.8, 4) is 5.75 Å². The first-order chi connectivity index (χ1) is 5.29. The summed E-state index contributed by atoms with van der Waals surface area (Å²) in [6.07, 6.45) is 1.76. The fourth-order valence-electron chi connectivity index (χ4n) is 0.637. The molecule has 0 amide bonds. The zero-order valence-electron chi connectivity index (χ0n) is 5.74. The van der Waals surface area contributed by atoms with Crippen molar-refractivity contribution in [1.82, 2.24) is 9.97 Å². The number of hydrogen-bond donors (Lipinski definition) is 0. The van der Waals surface area contributed by atoms with Crippen LogP contribution in [0.5, 0.6) is 5.75 Å². The first kappa shape index (κ1) is 7.94. The van der Waals surface area contributed by atoms with Gasteiger partial charge in [0.05, 0.1) is 7.11 Å². The minimum absolute atomic E-state index is 0.143. The molecule has 0 atom stereocenters. The van der Waals surface area contributed by atoms with Gasteiger partial charge in [-0.25, -0.2) is 9.97 Å². The van der Waals surface area contributed by atoms with Gasteiger partial charge in [-0.1, -0.05) is 11.6 Å². The smallest absolute Gasteiger partial charge is 0.185 e. The predicted octanol–water partition coefficient (Wildman–Crippen LogP) is 0.951. The number of methoxy groups -OCH3 is 1. The third-order valence-corrected chi connectivity index (χ3v) is 1.37. The minimum atomic E-state index is 0.143. The van der Waals surface area contributed by atoms with Gasteiger partial charge >= 0.3 is 0 Å². The molecular formula is C6H5ClN2O2. The third kappa shape index (κ3) is 1.46. The molecule has 0 aliphatic heterocycles. The van der Waals surface area contributed by atoms with Crippen LogP contribution in [0.1, 0.15) is 10.5 Å². The maximum atomic E-state index is 10.3. The van der Waals surface area contributed by atoms with Gasteiger partial charge in [0.2, 0.25) is 0 Å². The van der Waals surface area contributed by atoms with E-state index >= 15 is 0 Å². The highest BCUT2D eigenvalue weighted by atomic mass is 35.5. The molecule has 11 heavy (non-hydrogen) atoms. The van der Waals surface area contributed by atoms with Crippen molar-refractivity contribution >= 4 is 17.9 Å². The molecule has 0 saturated carbocycles. The third-order valence-electron chi connectivity index (χ3n) is 1.10. The lowest BCUT2D eigenvalue weighted by atomic mass is 10.4. The number of nitrogens with zero attached hydrogens (tertiary/aromatic N) is 2. The van der Waals surface area contributed by atoms with Crippen LogP contribution in [0.2, 0.25) is 5.15 Å². The summed E-state index contributed by atoms with van der Waals surface area (Å²) in [5, 5.41) is 0.143. The van der Waals surface area contributed by atoms with E-state index in [1.54, 1.807) is 0 Å². The summed E-state index contributed by atoms with van der Waals surface area (Å²) in [6.45, 7) is 0. The van der Waals surface area contributed by atoms with Crippen LogP contribution in [0.25, 0.3) is 0 Å². The molecule has 0 aliphatic rings. The van der Waals surface area contributed by atoms with Crippen molar-refractivity contribution in [2.24, 2.45) is 0 Å². The summed E-state index contributed by atoms with van der Waals surface area (Å²) in [7, 11) is 1.40. The number of halogens is 1. The first-order valence-corrected chi connectivity index (χ1v) is 3.17. The first-order valence-electron chi connectivity index (χ1n) is 2.79. The van der Waals surface area contributed by atoms with E-state index in [-0.39, 0.29) is 16.6 Å².